The average Bonchev–Trinajstić information content (AvgIpc) is 2.33. The van der Waals surface area contributed by atoms with E-state index in [1.165, 1.54) is 0 Å². The number of nitrogens with zero attached hydrogens (tertiary/aromatic N) is 1. The van der Waals surface area contributed by atoms with Crippen molar-refractivity contribution in [2.45, 2.75) is 50.8 Å². The van der Waals surface area contributed by atoms with E-state index < -0.39 is 17.7 Å². The Hall–Kier alpha value is -0.980. The van der Waals surface area contributed by atoms with Crippen LogP contribution in [0.3, 0.4) is 0 Å². The molecule has 1 rings (SSSR count). The lowest BCUT2D eigenvalue weighted by Crippen LogP contribution is -2.43. The van der Waals surface area contributed by atoms with Gasteiger partial charge in [0.2, 0.25) is 0 Å². The lowest BCUT2D eigenvalue weighted by atomic mass is 9.78. The molecule has 0 aliphatic heterocycles. The summed E-state index contributed by atoms with van der Waals surface area (Å²) in [6.45, 7) is 2.53. The molecule has 2 unspecified atom stereocenters. The number of hydrogen-bond donors (Lipinski definition) is 3. The highest BCUT2D eigenvalue weighted by Crippen LogP contribution is 2.41. The summed E-state index contributed by atoms with van der Waals surface area (Å²) in [7, 11) is 0. The summed E-state index contributed by atoms with van der Waals surface area (Å²) >= 11 is 0. The van der Waals surface area contributed by atoms with Crippen molar-refractivity contribution < 1.29 is 18.3 Å². The highest BCUT2D eigenvalue weighted by Gasteiger charge is 2.46. The predicted molar refractivity (Wildman–Crippen MR) is 67.7 cm³/mol. The third-order valence-corrected chi connectivity index (χ3v) is 3.38. The summed E-state index contributed by atoms with van der Waals surface area (Å²) in [5.74, 6) is -1.27. The molecule has 4 N–H and O–H groups in total. The highest BCUT2D eigenvalue weighted by atomic mass is 19.4. The third-order valence-electron chi connectivity index (χ3n) is 3.38. The Labute approximate surface area is 111 Å². The van der Waals surface area contributed by atoms with Crippen LogP contribution in [0.2, 0.25) is 0 Å². The van der Waals surface area contributed by atoms with Crippen molar-refractivity contribution in [3.8, 4) is 0 Å². The second-order valence-corrected chi connectivity index (χ2v) is 5.19. The Kier molecular flexibility index (Phi) is 5.46. The molecule has 7 heteroatoms. The van der Waals surface area contributed by atoms with Gasteiger partial charge in [0.1, 0.15) is 0 Å². The quantitative estimate of drug-likeness (QED) is 0.543. The van der Waals surface area contributed by atoms with Gasteiger partial charge in [-0.2, -0.15) is 13.2 Å². The number of nitrogens with two attached hydrogens (primary N) is 1. The summed E-state index contributed by atoms with van der Waals surface area (Å²) in [4.78, 5) is 3.94. The van der Waals surface area contributed by atoms with Crippen LogP contribution in [0, 0.1) is 5.92 Å². The molecule has 1 aliphatic carbocycles. The van der Waals surface area contributed by atoms with Gasteiger partial charge >= 0.3 is 6.18 Å². The fourth-order valence-electron chi connectivity index (χ4n) is 2.30. The summed E-state index contributed by atoms with van der Waals surface area (Å²) < 4.78 is 38.0. The van der Waals surface area contributed by atoms with Crippen molar-refractivity contribution in [1.29, 1.82) is 0 Å². The van der Waals surface area contributed by atoms with E-state index in [2.05, 4.69) is 10.3 Å². The van der Waals surface area contributed by atoms with E-state index in [1.807, 2.05) is 6.92 Å². The number of aliphatic hydroxyl groups is 1. The van der Waals surface area contributed by atoms with Gasteiger partial charge < -0.3 is 16.2 Å². The molecule has 1 aliphatic rings. The third kappa shape index (κ3) is 5.26. The number of alkyl halides is 3. The zero-order chi connectivity index (χ0) is 14.5. The van der Waals surface area contributed by atoms with Crippen molar-refractivity contribution in [3.05, 3.63) is 0 Å². The van der Waals surface area contributed by atoms with Crippen LogP contribution in [-0.4, -0.2) is 35.9 Å². The zero-order valence-electron chi connectivity index (χ0n) is 11.1. The second kappa shape index (κ2) is 6.45. The first-order valence-electron chi connectivity index (χ1n) is 6.60. The molecule has 0 bridgehead atoms. The molecule has 112 valence electrons. The normalized spacial score (nSPS) is 29.3. The molecule has 0 amide bonds. The van der Waals surface area contributed by atoms with Gasteiger partial charge in [0.25, 0.3) is 0 Å². The van der Waals surface area contributed by atoms with E-state index in [1.54, 1.807) is 0 Å². The topological polar surface area (TPSA) is 70.6 Å². The fourth-order valence-corrected chi connectivity index (χ4v) is 2.30. The first-order chi connectivity index (χ1) is 8.77. The SMILES string of the molecule is CCCNC(N)=NCC1(O)CCCC(C(F)(F)F)C1. The van der Waals surface area contributed by atoms with Gasteiger partial charge in [-0.15, -0.1) is 0 Å². The van der Waals surface area contributed by atoms with Crippen LogP contribution >= 0.6 is 0 Å². The molecule has 4 nitrogen and oxygen atoms in total. The Balaban J connectivity index is 2.56. The first-order valence-corrected chi connectivity index (χ1v) is 6.60. The van der Waals surface area contributed by atoms with E-state index >= 15 is 0 Å². The second-order valence-electron chi connectivity index (χ2n) is 5.19. The molecule has 1 fully saturated rings. The molecule has 0 heterocycles. The highest BCUT2D eigenvalue weighted by molar-refractivity contribution is 5.77. The number of aliphatic imine (C=N–C) groups is 1. The van der Waals surface area contributed by atoms with Gasteiger partial charge in [0.05, 0.1) is 18.1 Å². The predicted octanol–water partition coefficient (Wildman–Crippen LogP) is 1.78. The van der Waals surface area contributed by atoms with Crippen LogP contribution in [-0.2, 0) is 0 Å². The van der Waals surface area contributed by atoms with E-state index in [0.717, 1.165) is 6.42 Å². The first kappa shape index (κ1) is 16.1. The standard InChI is InChI=1S/C12H22F3N3O/c1-2-6-17-10(16)18-8-11(19)5-3-4-9(7-11)12(13,14)15/h9,19H,2-8H2,1H3,(H3,16,17,18). The van der Waals surface area contributed by atoms with Crippen molar-refractivity contribution >= 4 is 5.96 Å². The van der Waals surface area contributed by atoms with Crippen molar-refractivity contribution in [2.24, 2.45) is 16.6 Å². The zero-order valence-corrected chi connectivity index (χ0v) is 11.1. The molecule has 0 saturated heterocycles. The molecule has 0 radical (unpaired) electrons. The maximum absolute atomic E-state index is 12.7. The molecule has 0 aromatic rings. The Morgan fingerprint density at radius 2 is 2.21 bits per heavy atom. The van der Waals surface area contributed by atoms with Gasteiger partial charge in [-0.05, 0) is 32.1 Å². The molecule has 19 heavy (non-hydrogen) atoms. The molecule has 1 saturated carbocycles. The summed E-state index contributed by atoms with van der Waals surface area (Å²) in [5, 5.41) is 13.0. The molecule has 0 aromatic heterocycles. The lowest BCUT2D eigenvalue weighted by Gasteiger charge is -2.36. The Morgan fingerprint density at radius 1 is 1.53 bits per heavy atom. The summed E-state index contributed by atoms with van der Waals surface area (Å²) in [6, 6.07) is 0. The minimum absolute atomic E-state index is 0.0812. The number of hydrogen-bond acceptors (Lipinski definition) is 2. The molecular weight excluding hydrogens is 259 g/mol. The van der Waals surface area contributed by atoms with Crippen molar-refractivity contribution in [3.63, 3.8) is 0 Å². The maximum Gasteiger partial charge on any atom is 0.391 e. The minimum atomic E-state index is -4.25. The number of guanidine groups is 1. The van der Waals surface area contributed by atoms with Crippen molar-refractivity contribution in [1.82, 2.24) is 5.32 Å². The van der Waals surface area contributed by atoms with Crippen LogP contribution in [0.5, 0.6) is 0 Å². The maximum atomic E-state index is 12.7. The van der Waals surface area contributed by atoms with Gasteiger partial charge in [-0.25, -0.2) is 0 Å². The van der Waals surface area contributed by atoms with E-state index in [-0.39, 0.29) is 25.3 Å². The Morgan fingerprint density at radius 3 is 2.79 bits per heavy atom. The minimum Gasteiger partial charge on any atom is -0.388 e. The summed E-state index contributed by atoms with van der Waals surface area (Å²) in [6.07, 6.45) is -2.89. The van der Waals surface area contributed by atoms with Crippen LogP contribution < -0.4 is 11.1 Å². The van der Waals surface area contributed by atoms with E-state index in [9.17, 15) is 18.3 Å². The van der Waals surface area contributed by atoms with Gasteiger partial charge in [0.15, 0.2) is 5.96 Å². The van der Waals surface area contributed by atoms with Gasteiger partial charge in [-0.1, -0.05) is 6.92 Å². The van der Waals surface area contributed by atoms with Crippen molar-refractivity contribution in [2.75, 3.05) is 13.1 Å². The van der Waals surface area contributed by atoms with Crippen LogP contribution in [0.15, 0.2) is 4.99 Å². The van der Waals surface area contributed by atoms with Gasteiger partial charge in [0, 0.05) is 6.54 Å². The lowest BCUT2D eigenvalue weighted by molar-refractivity contribution is -0.199. The largest absolute Gasteiger partial charge is 0.391 e. The number of nitrogens with one attached hydrogen (secondary N) is 1. The van der Waals surface area contributed by atoms with Crippen LogP contribution in [0.25, 0.3) is 0 Å². The smallest absolute Gasteiger partial charge is 0.388 e. The van der Waals surface area contributed by atoms with Crippen LogP contribution in [0.4, 0.5) is 13.2 Å². The summed E-state index contributed by atoms with van der Waals surface area (Å²) in [5.41, 5.74) is 4.17. The van der Waals surface area contributed by atoms with Gasteiger partial charge in [-0.3, -0.25) is 4.99 Å². The number of rotatable bonds is 4. The molecule has 0 aromatic carbocycles. The Bertz CT molecular complexity index is 320. The molecular formula is C12H22F3N3O. The average molecular weight is 281 g/mol. The monoisotopic (exact) mass is 281 g/mol. The van der Waals surface area contributed by atoms with E-state index in [4.69, 9.17) is 5.73 Å². The number of halogens is 3. The molecule has 0 spiro atoms. The van der Waals surface area contributed by atoms with E-state index in [0.29, 0.717) is 19.4 Å². The van der Waals surface area contributed by atoms with Crippen LogP contribution in [0.1, 0.15) is 39.0 Å². The molecule has 2 atom stereocenters. The fraction of sp³-hybridized carbons (Fsp3) is 0.917.